The quantitative estimate of drug-likeness (QED) is 0.806. The van der Waals surface area contributed by atoms with Gasteiger partial charge in [-0.2, -0.15) is 0 Å². The predicted octanol–water partition coefficient (Wildman–Crippen LogP) is 1.22. The number of nitrogens with one attached hydrogen (secondary N) is 2. The normalized spacial score (nSPS) is 24.3. The lowest BCUT2D eigenvalue weighted by Crippen LogP contribution is -2.27. The molecular weight excluding hydrogens is 242 g/mol. The number of hydrogen-bond acceptors (Lipinski definition) is 6. The summed E-state index contributed by atoms with van der Waals surface area (Å²) < 4.78 is 5.59. The Labute approximate surface area is 113 Å². The minimum Gasteiger partial charge on any atom is -0.407 e. The highest BCUT2D eigenvalue weighted by Gasteiger charge is 2.34. The zero-order valence-electron chi connectivity index (χ0n) is 11.7. The maximum Gasteiger partial charge on any atom is 0.315 e. The fraction of sp³-hybridized carbons (Fsp3) is 0.846. The van der Waals surface area contributed by atoms with E-state index in [1.54, 1.807) is 0 Å². The first-order valence-electron chi connectivity index (χ1n) is 7.27. The van der Waals surface area contributed by atoms with Crippen molar-refractivity contribution >= 4 is 6.01 Å². The third-order valence-corrected chi connectivity index (χ3v) is 3.74. The summed E-state index contributed by atoms with van der Waals surface area (Å²) in [6.07, 6.45) is 3.91. The minimum atomic E-state index is 0.422. The molecule has 2 heterocycles. The van der Waals surface area contributed by atoms with Crippen LogP contribution < -0.4 is 10.6 Å². The molecule has 1 aliphatic carbocycles. The molecule has 1 saturated carbocycles. The van der Waals surface area contributed by atoms with E-state index in [1.165, 1.54) is 25.8 Å². The van der Waals surface area contributed by atoms with Gasteiger partial charge in [-0.1, -0.05) is 18.9 Å². The Hall–Kier alpha value is -1.14. The van der Waals surface area contributed by atoms with Crippen LogP contribution in [0.15, 0.2) is 4.42 Å². The van der Waals surface area contributed by atoms with Crippen molar-refractivity contribution in [3.8, 4) is 0 Å². The maximum atomic E-state index is 5.59. The second kappa shape index (κ2) is 5.46. The Morgan fingerprint density at radius 2 is 2.16 bits per heavy atom. The molecule has 0 aromatic carbocycles. The number of anilines is 1. The number of likely N-dealkylation sites (tertiary alicyclic amines) is 1. The third kappa shape index (κ3) is 3.45. The van der Waals surface area contributed by atoms with Crippen molar-refractivity contribution in [1.82, 2.24) is 20.4 Å². The highest BCUT2D eigenvalue weighted by atomic mass is 16.4. The Balaban J connectivity index is 1.47. The fourth-order valence-electron chi connectivity index (χ4n) is 2.53. The van der Waals surface area contributed by atoms with Crippen molar-refractivity contribution in [1.29, 1.82) is 0 Å². The van der Waals surface area contributed by atoms with Crippen LogP contribution in [0.25, 0.3) is 0 Å². The van der Waals surface area contributed by atoms with Crippen LogP contribution in [0.4, 0.5) is 6.01 Å². The van der Waals surface area contributed by atoms with E-state index in [2.05, 4.69) is 39.6 Å². The molecule has 1 saturated heterocycles. The number of aromatic nitrogens is 2. The summed E-state index contributed by atoms with van der Waals surface area (Å²) in [5.41, 5.74) is 0. The smallest absolute Gasteiger partial charge is 0.315 e. The van der Waals surface area contributed by atoms with Gasteiger partial charge in [0.15, 0.2) is 0 Å². The molecule has 1 aliphatic heterocycles. The molecule has 106 valence electrons. The van der Waals surface area contributed by atoms with Gasteiger partial charge in [0.05, 0.1) is 6.54 Å². The molecule has 6 nitrogen and oxygen atoms in total. The van der Waals surface area contributed by atoms with Crippen molar-refractivity contribution in [3.63, 3.8) is 0 Å². The molecule has 2 aliphatic rings. The van der Waals surface area contributed by atoms with E-state index >= 15 is 0 Å². The van der Waals surface area contributed by atoms with Gasteiger partial charge in [0.2, 0.25) is 5.89 Å². The largest absolute Gasteiger partial charge is 0.407 e. The molecule has 0 radical (unpaired) electrons. The molecule has 2 fully saturated rings. The molecule has 19 heavy (non-hydrogen) atoms. The first-order chi connectivity index (χ1) is 9.20. The van der Waals surface area contributed by atoms with Crippen LogP contribution in [-0.4, -0.2) is 46.3 Å². The summed E-state index contributed by atoms with van der Waals surface area (Å²) in [5, 5.41) is 14.7. The average molecular weight is 265 g/mol. The Bertz CT molecular complexity index is 415. The molecular formula is C13H23N5O. The van der Waals surface area contributed by atoms with Gasteiger partial charge in [-0.25, -0.2) is 0 Å². The molecule has 6 heteroatoms. The number of hydrogen-bond donors (Lipinski definition) is 2. The molecule has 1 aromatic rings. The van der Waals surface area contributed by atoms with E-state index in [0.29, 0.717) is 30.5 Å². The van der Waals surface area contributed by atoms with Crippen LogP contribution in [-0.2, 0) is 6.54 Å². The second-order valence-corrected chi connectivity index (χ2v) is 5.89. The molecule has 1 aromatic heterocycles. The molecule has 2 N–H and O–H groups in total. The van der Waals surface area contributed by atoms with Crippen LogP contribution in [0, 0.1) is 0 Å². The summed E-state index contributed by atoms with van der Waals surface area (Å²) in [6.45, 7) is 7.12. The molecule has 0 spiro atoms. The van der Waals surface area contributed by atoms with E-state index in [9.17, 15) is 0 Å². The van der Waals surface area contributed by atoms with E-state index < -0.39 is 0 Å². The Kier molecular flexibility index (Phi) is 3.70. The standard InChI is InChI=1S/C13H23N5O/c1-9(2)14-7-12-16-17-13(19-12)15-10-5-6-18(8-10)11-3-4-11/h9-11,14H,3-8H2,1-2H3,(H,15,17). The molecule has 1 unspecified atom stereocenters. The summed E-state index contributed by atoms with van der Waals surface area (Å²) in [6, 6.07) is 2.28. The van der Waals surface area contributed by atoms with Crippen molar-refractivity contribution < 1.29 is 4.42 Å². The lowest BCUT2D eigenvalue weighted by atomic mass is 10.3. The van der Waals surface area contributed by atoms with Gasteiger partial charge in [-0.3, -0.25) is 4.90 Å². The van der Waals surface area contributed by atoms with Crippen LogP contribution in [0.1, 0.15) is 39.0 Å². The van der Waals surface area contributed by atoms with Crippen molar-refractivity contribution in [2.75, 3.05) is 18.4 Å². The van der Waals surface area contributed by atoms with Gasteiger partial charge in [-0.05, 0) is 19.3 Å². The summed E-state index contributed by atoms with van der Waals surface area (Å²) >= 11 is 0. The third-order valence-electron chi connectivity index (χ3n) is 3.74. The van der Waals surface area contributed by atoms with Crippen molar-refractivity contribution in [2.24, 2.45) is 0 Å². The second-order valence-electron chi connectivity index (χ2n) is 5.89. The summed E-state index contributed by atoms with van der Waals surface area (Å²) in [7, 11) is 0. The van der Waals surface area contributed by atoms with E-state index in [1.807, 2.05) is 0 Å². The van der Waals surface area contributed by atoms with Gasteiger partial charge in [0.1, 0.15) is 0 Å². The Morgan fingerprint density at radius 1 is 1.32 bits per heavy atom. The van der Waals surface area contributed by atoms with Crippen LogP contribution >= 0.6 is 0 Å². The van der Waals surface area contributed by atoms with E-state index in [-0.39, 0.29) is 0 Å². The Morgan fingerprint density at radius 3 is 2.89 bits per heavy atom. The van der Waals surface area contributed by atoms with Crippen molar-refractivity contribution in [3.05, 3.63) is 5.89 Å². The zero-order valence-corrected chi connectivity index (χ0v) is 11.7. The SMILES string of the molecule is CC(C)NCc1nnc(NC2CCN(C3CC3)C2)o1. The van der Waals surface area contributed by atoms with E-state index in [4.69, 9.17) is 4.42 Å². The van der Waals surface area contributed by atoms with Gasteiger partial charge < -0.3 is 15.1 Å². The van der Waals surface area contributed by atoms with Gasteiger partial charge in [-0.15, -0.1) is 5.10 Å². The molecule has 3 rings (SSSR count). The summed E-state index contributed by atoms with van der Waals surface area (Å²) in [5.74, 6) is 0.647. The lowest BCUT2D eigenvalue weighted by molar-refractivity contribution is 0.325. The van der Waals surface area contributed by atoms with E-state index in [0.717, 1.165) is 12.6 Å². The van der Waals surface area contributed by atoms with Crippen LogP contribution in [0.5, 0.6) is 0 Å². The molecule has 1 atom stereocenters. The number of nitrogens with zero attached hydrogens (tertiary/aromatic N) is 3. The first-order valence-corrected chi connectivity index (χ1v) is 7.27. The van der Waals surface area contributed by atoms with Gasteiger partial charge in [0.25, 0.3) is 0 Å². The highest BCUT2D eigenvalue weighted by Crippen LogP contribution is 2.30. The van der Waals surface area contributed by atoms with Crippen molar-refractivity contribution in [2.45, 2.75) is 57.8 Å². The topological polar surface area (TPSA) is 66.2 Å². The van der Waals surface area contributed by atoms with Gasteiger partial charge >= 0.3 is 6.01 Å². The fourth-order valence-corrected chi connectivity index (χ4v) is 2.53. The monoisotopic (exact) mass is 265 g/mol. The minimum absolute atomic E-state index is 0.422. The first kappa shape index (κ1) is 12.9. The average Bonchev–Trinajstić information content (AvgIpc) is 2.96. The lowest BCUT2D eigenvalue weighted by Gasteiger charge is -2.14. The maximum absolute atomic E-state index is 5.59. The molecule has 0 bridgehead atoms. The predicted molar refractivity (Wildman–Crippen MR) is 72.9 cm³/mol. The van der Waals surface area contributed by atoms with Crippen LogP contribution in [0.2, 0.25) is 0 Å². The van der Waals surface area contributed by atoms with Gasteiger partial charge in [0, 0.05) is 31.2 Å². The molecule has 0 amide bonds. The zero-order chi connectivity index (χ0) is 13.2. The highest BCUT2D eigenvalue weighted by molar-refractivity contribution is 5.21. The number of rotatable bonds is 6. The van der Waals surface area contributed by atoms with Crippen LogP contribution in [0.3, 0.4) is 0 Å². The summed E-state index contributed by atoms with van der Waals surface area (Å²) in [4.78, 5) is 2.56.